The lowest BCUT2D eigenvalue weighted by molar-refractivity contribution is -0.144. The van der Waals surface area contributed by atoms with Gasteiger partial charge in [-0.05, 0) is 226 Å². The summed E-state index contributed by atoms with van der Waals surface area (Å²) in [6, 6.07) is 26.0. The molecule has 3 aromatic heterocycles. The van der Waals surface area contributed by atoms with Gasteiger partial charge in [0.1, 0.15) is 46.9 Å². The van der Waals surface area contributed by atoms with E-state index in [1.165, 1.54) is 41.7 Å². The number of benzene rings is 3. The van der Waals surface area contributed by atoms with E-state index in [1.54, 1.807) is 20.1 Å². The average molecular weight is 1500 g/mol. The number of ether oxygens (including phenoxy) is 7. The number of aliphatic carboxylic acids is 2. The predicted molar refractivity (Wildman–Crippen MR) is 419 cm³/mol. The van der Waals surface area contributed by atoms with Crippen LogP contribution >= 0.6 is 0 Å². The van der Waals surface area contributed by atoms with Gasteiger partial charge in [0.15, 0.2) is 5.78 Å². The number of Topliss-reactive ketones (excluding diaryl/α,β-unsaturated/α-hetero) is 1. The smallest absolute Gasteiger partial charge is 0.325 e. The van der Waals surface area contributed by atoms with Crippen molar-refractivity contribution >= 4 is 35.2 Å². The summed E-state index contributed by atoms with van der Waals surface area (Å²) < 4.78 is 55.5. The van der Waals surface area contributed by atoms with Crippen LogP contribution in [0.4, 0.5) is 21.8 Å². The van der Waals surface area contributed by atoms with E-state index in [4.69, 9.17) is 48.1 Å². The van der Waals surface area contributed by atoms with Gasteiger partial charge in [-0.25, -0.2) is 19.3 Å². The first-order valence-electron chi connectivity index (χ1n) is 40.8. The number of likely N-dealkylation sites (tertiary alicyclic amines) is 3. The Morgan fingerprint density at radius 2 is 0.982 bits per heavy atom. The zero-order valence-electron chi connectivity index (χ0n) is 64.7. The van der Waals surface area contributed by atoms with Crippen LogP contribution in [0.1, 0.15) is 212 Å². The van der Waals surface area contributed by atoms with Crippen LogP contribution in [0.5, 0.6) is 11.5 Å². The van der Waals surface area contributed by atoms with Crippen LogP contribution in [0.2, 0.25) is 0 Å². The number of rotatable bonds is 32. The molecule has 15 rings (SSSR count). The molecule has 6 fully saturated rings. The summed E-state index contributed by atoms with van der Waals surface area (Å²) in [6.45, 7) is 17.7. The fourth-order valence-electron chi connectivity index (χ4n) is 17.1. The monoisotopic (exact) mass is 1500 g/mol. The van der Waals surface area contributed by atoms with Crippen LogP contribution in [-0.4, -0.2) is 194 Å². The van der Waals surface area contributed by atoms with Gasteiger partial charge in [0.2, 0.25) is 0 Å². The SMILES string of the molecule is COc1cc(CCCCO[C@@H]2CCN([C@@H](C(C)=O)c3cc(F)ccc3OC3CC3)C2)nc2c1CCCN2.Cc1ccc([C@@H]2CCOC2)c([C@@H](C(=O)O)N2CC[C@@H](OCCCCc3ccc4c(n3)NCCC4)C2)c1.Cc1ccc([C@H]2CCOC2)c([C@@H](C(=O)O)N2CC[C@@H](OCCCCc3ccc4c(n3)NCCC4)C2)c1. The van der Waals surface area contributed by atoms with Gasteiger partial charge in [0.05, 0.1) is 50.8 Å². The van der Waals surface area contributed by atoms with Crippen molar-refractivity contribution in [3.8, 4) is 11.5 Å². The summed E-state index contributed by atoms with van der Waals surface area (Å²) in [6.07, 6.45) is 22.4. The molecule has 11 heterocycles. The number of aromatic nitrogens is 3. The van der Waals surface area contributed by atoms with E-state index in [1.807, 2.05) is 13.8 Å². The number of nitrogens with one attached hydrogen (secondary N) is 3. The maximum Gasteiger partial charge on any atom is 0.325 e. The highest BCUT2D eigenvalue weighted by Gasteiger charge is 2.40. The Bertz CT molecular complexity index is 3830. The minimum Gasteiger partial charge on any atom is -0.496 e. The van der Waals surface area contributed by atoms with E-state index < -0.39 is 30.1 Å². The van der Waals surface area contributed by atoms with E-state index in [0.717, 1.165) is 255 Å². The third kappa shape index (κ3) is 21.5. The van der Waals surface area contributed by atoms with E-state index in [0.29, 0.717) is 64.0 Å². The first-order chi connectivity index (χ1) is 53.2. The molecule has 109 heavy (non-hydrogen) atoms. The van der Waals surface area contributed by atoms with Gasteiger partial charge in [-0.2, -0.15) is 0 Å². The lowest BCUT2D eigenvalue weighted by Gasteiger charge is -2.28. The van der Waals surface area contributed by atoms with Gasteiger partial charge in [-0.3, -0.25) is 29.1 Å². The Kier molecular flexibility index (Phi) is 28.4. The lowest BCUT2D eigenvalue weighted by Crippen LogP contribution is -2.34. The van der Waals surface area contributed by atoms with Crippen LogP contribution in [0.25, 0.3) is 0 Å². The molecule has 0 bridgehead atoms. The van der Waals surface area contributed by atoms with Crippen LogP contribution in [-0.2, 0) is 76.6 Å². The van der Waals surface area contributed by atoms with Crippen molar-refractivity contribution in [2.24, 2.45) is 0 Å². The highest BCUT2D eigenvalue weighted by atomic mass is 19.1. The van der Waals surface area contributed by atoms with Crippen LogP contribution < -0.4 is 25.4 Å². The van der Waals surface area contributed by atoms with Crippen molar-refractivity contribution in [3.05, 3.63) is 163 Å². The summed E-state index contributed by atoms with van der Waals surface area (Å²) in [5.41, 5.74) is 14.1. The summed E-state index contributed by atoms with van der Waals surface area (Å²) in [5, 5.41) is 30.7. The molecular formula is C87H116FN9O12. The molecule has 9 aliphatic rings. The lowest BCUT2D eigenvalue weighted by atomic mass is 9.88. The molecule has 0 amide bonds. The second kappa shape index (κ2) is 39.0. The highest BCUT2D eigenvalue weighted by molar-refractivity contribution is 5.84. The van der Waals surface area contributed by atoms with E-state index in [-0.39, 0.29) is 47.9 Å². The second-order valence-electron chi connectivity index (χ2n) is 31.4. The molecule has 3 aromatic carbocycles. The van der Waals surface area contributed by atoms with Crippen LogP contribution in [0.3, 0.4) is 0 Å². The normalized spacial score (nSPS) is 21.9. The van der Waals surface area contributed by atoms with Crippen LogP contribution in [0.15, 0.2) is 84.9 Å². The summed E-state index contributed by atoms with van der Waals surface area (Å²) in [4.78, 5) is 58.3. The van der Waals surface area contributed by atoms with Gasteiger partial charge in [0.25, 0.3) is 0 Å². The Hall–Kier alpha value is -7.67. The summed E-state index contributed by atoms with van der Waals surface area (Å²) in [5.74, 6) is 3.27. The van der Waals surface area contributed by atoms with E-state index >= 15 is 0 Å². The quantitative estimate of drug-likeness (QED) is 0.0247. The van der Waals surface area contributed by atoms with Gasteiger partial charge < -0.3 is 59.3 Å². The van der Waals surface area contributed by atoms with Crippen molar-refractivity contribution in [1.82, 2.24) is 29.7 Å². The minimum atomic E-state index is -0.784. The molecule has 5 N–H and O–H groups in total. The molecular weight excluding hydrogens is 1380 g/mol. The molecule has 8 aliphatic heterocycles. The number of methoxy groups -OCH3 is 1. The number of carboxylic acids is 2. The maximum absolute atomic E-state index is 14.1. The number of halogens is 1. The van der Waals surface area contributed by atoms with Gasteiger partial charge in [-0.15, -0.1) is 0 Å². The number of anilines is 3. The zero-order valence-corrected chi connectivity index (χ0v) is 64.7. The topological polar surface area (TPSA) is 241 Å². The molecule has 0 spiro atoms. The maximum atomic E-state index is 14.1. The molecule has 6 aromatic rings. The fraction of sp³-hybridized carbons (Fsp3) is 0.586. The van der Waals surface area contributed by atoms with Crippen LogP contribution in [0, 0.1) is 19.7 Å². The molecule has 21 nitrogen and oxygen atoms in total. The fourth-order valence-corrected chi connectivity index (χ4v) is 17.1. The Morgan fingerprint density at radius 1 is 0.514 bits per heavy atom. The van der Waals surface area contributed by atoms with E-state index in [2.05, 4.69) is 97.4 Å². The number of unbranched alkanes of at least 4 members (excludes halogenated alkanes) is 3. The average Bonchev–Trinajstić information content (AvgIpc) is 1.75. The van der Waals surface area contributed by atoms with Crippen molar-refractivity contribution in [2.45, 2.75) is 216 Å². The summed E-state index contributed by atoms with van der Waals surface area (Å²) >= 11 is 0. The number of carbonyl (C=O) groups is 3. The van der Waals surface area contributed by atoms with Crippen molar-refractivity contribution in [3.63, 3.8) is 0 Å². The number of hydrogen-bond acceptors (Lipinski definition) is 19. The molecule has 1 saturated carbocycles. The Labute approximate surface area is 643 Å². The number of ketones is 1. The number of pyridine rings is 3. The van der Waals surface area contributed by atoms with Crippen molar-refractivity contribution < 1.29 is 62.1 Å². The Morgan fingerprint density at radius 3 is 1.44 bits per heavy atom. The number of carbonyl (C=O) groups excluding carboxylic acids is 1. The highest BCUT2D eigenvalue weighted by Crippen LogP contribution is 2.41. The number of hydrogen-bond donors (Lipinski definition) is 5. The molecule has 8 atom stereocenters. The Balaban J connectivity index is 0.000000144. The number of aryl methyl sites for hydroxylation is 7. The molecule has 588 valence electrons. The van der Waals surface area contributed by atoms with Crippen molar-refractivity contribution in [1.29, 1.82) is 0 Å². The molecule has 0 radical (unpaired) electrons. The molecule has 1 aliphatic carbocycles. The largest absolute Gasteiger partial charge is 0.496 e. The van der Waals surface area contributed by atoms with E-state index in [9.17, 15) is 29.0 Å². The molecule has 22 heteroatoms. The van der Waals surface area contributed by atoms with Gasteiger partial charge >= 0.3 is 11.9 Å². The third-order valence-electron chi connectivity index (χ3n) is 23.1. The first-order valence-corrected chi connectivity index (χ1v) is 40.8. The van der Waals surface area contributed by atoms with Gasteiger partial charge in [-0.1, -0.05) is 59.7 Å². The minimum absolute atomic E-state index is 0.00522. The zero-order chi connectivity index (χ0) is 75.6. The number of nitrogens with zero attached hydrogens (tertiary/aromatic N) is 6. The molecule has 0 unspecified atom stereocenters. The number of carboxylic acid groups (broad SMARTS) is 2. The van der Waals surface area contributed by atoms with Gasteiger partial charge in [0, 0.05) is 138 Å². The molecule has 5 saturated heterocycles. The second-order valence-corrected chi connectivity index (χ2v) is 31.4. The number of fused-ring (bicyclic) bond motifs is 3. The predicted octanol–water partition coefficient (Wildman–Crippen LogP) is 13.9. The third-order valence-corrected chi connectivity index (χ3v) is 23.1. The first kappa shape index (κ1) is 79.4. The van der Waals surface area contributed by atoms with Crippen molar-refractivity contribution in [2.75, 3.05) is 128 Å². The standard InChI is InChI=1S/C29H38FN3O4.2C29H39N3O4/c1-19(34)28(25-16-20(30)8-11-26(25)37-22-9-10-22)33-14-12-23(18-33)36-15-4-3-6-21-17-27(35-2)24-7-5-13-31-29(24)32-21;2*1-20-7-10-25(22-12-16-35-19-22)26(17-20)27(29(33)34)32-14-11-24(18-32)36-15-3-2-6-23-9-8-21-5-4-13-30-28(21)31-23/h8,11,16-17,22-23,28H,3-7,9-10,12-15,18H2,1-2H3,(H,31,32);2*7-10,17,22,24,27H,2-6,11-16,18-19H2,1H3,(H,30,31)(H,33,34)/t23-,28+;22-,24+,27-;22-,24-,27+/m101/s1. The summed E-state index contributed by atoms with van der Waals surface area (Å²) in [7, 11) is 1.72.